The van der Waals surface area contributed by atoms with E-state index in [1.165, 1.54) is 21.0 Å². The summed E-state index contributed by atoms with van der Waals surface area (Å²) in [7, 11) is -3.21. The third-order valence-corrected chi connectivity index (χ3v) is 13.5. The van der Waals surface area contributed by atoms with Crippen molar-refractivity contribution in [3.63, 3.8) is 0 Å². The SMILES string of the molecule is CCOc1ccc(C2COc3cc4c(cc3O2)CN(S(=O)(=O)c2sc(NC(C)=O)nc2C)[C@H](C(=O)N[C@@H](Cc2ccc(-c3ccc(C#N)cc3)cc2)C(=O)OC)C4)cc1. The molecule has 0 saturated heterocycles. The Kier molecular flexibility index (Phi) is 12.0. The van der Waals surface area contributed by atoms with Gasteiger partial charge in [-0.05, 0) is 90.0 Å². The van der Waals surface area contributed by atoms with E-state index in [1.807, 2.05) is 67.6 Å². The second-order valence-electron chi connectivity index (χ2n) is 14.0. The lowest BCUT2D eigenvalue weighted by Gasteiger charge is -2.36. The molecule has 1 aromatic heterocycles. The summed E-state index contributed by atoms with van der Waals surface area (Å²) in [5.41, 5.74) is 5.35. The number of nitriles is 1. The number of methoxy groups -OCH3 is 1. The molecule has 0 spiro atoms. The number of thiazole rings is 1. The number of anilines is 1. The number of amides is 2. The number of nitrogens with one attached hydrogen (secondary N) is 2. The van der Waals surface area contributed by atoms with Crippen molar-refractivity contribution in [3.05, 3.63) is 118 Å². The average Bonchev–Trinajstić information content (AvgIpc) is 3.61. The second kappa shape index (κ2) is 17.3. The van der Waals surface area contributed by atoms with E-state index in [4.69, 9.17) is 24.2 Å². The van der Waals surface area contributed by atoms with Crippen LogP contribution in [0.5, 0.6) is 17.2 Å². The van der Waals surface area contributed by atoms with Gasteiger partial charge in [-0.3, -0.25) is 9.59 Å². The van der Waals surface area contributed by atoms with Gasteiger partial charge in [0.2, 0.25) is 11.8 Å². The van der Waals surface area contributed by atoms with Gasteiger partial charge in [0.05, 0.1) is 31.0 Å². The van der Waals surface area contributed by atoms with Crippen LogP contribution in [0.2, 0.25) is 0 Å². The van der Waals surface area contributed by atoms with Crippen molar-refractivity contribution in [1.29, 1.82) is 5.26 Å². The Hall–Kier alpha value is -6.28. The van der Waals surface area contributed by atoms with E-state index < -0.39 is 46.0 Å². The fourth-order valence-electron chi connectivity index (χ4n) is 7.05. The third-order valence-electron chi connectivity index (χ3n) is 10.0. The summed E-state index contributed by atoms with van der Waals surface area (Å²) in [6, 6.07) is 25.2. The molecule has 0 aliphatic carbocycles. The Bertz CT molecular complexity index is 2530. The molecule has 0 radical (unpaired) electrons. The van der Waals surface area contributed by atoms with Gasteiger partial charge in [0.1, 0.15) is 24.4 Å². The monoisotopic (exact) mass is 835 g/mol. The van der Waals surface area contributed by atoms with E-state index in [1.54, 1.807) is 24.3 Å². The Morgan fingerprint density at radius 2 is 1.68 bits per heavy atom. The summed E-state index contributed by atoms with van der Waals surface area (Å²) in [6.45, 7) is 5.27. The number of hydrogen-bond acceptors (Lipinski definition) is 12. The molecule has 2 N–H and O–H groups in total. The van der Waals surface area contributed by atoms with Gasteiger partial charge in [0.25, 0.3) is 10.0 Å². The van der Waals surface area contributed by atoms with Gasteiger partial charge < -0.3 is 29.6 Å². The van der Waals surface area contributed by atoms with Crippen LogP contribution < -0.4 is 24.8 Å². The van der Waals surface area contributed by atoms with Crippen LogP contribution in [0.15, 0.2) is 89.1 Å². The fourth-order valence-corrected chi connectivity index (χ4v) is 10.2. The molecule has 59 heavy (non-hydrogen) atoms. The number of aromatic nitrogens is 1. The van der Waals surface area contributed by atoms with Crippen LogP contribution in [-0.4, -0.2) is 67.9 Å². The maximum atomic E-state index is 14.6. The number of esters is 1. The molecule has 4 aromatic carbocycles. The van der Waals surface area contributed by atoms with Crippen molar-refractivity contribution >= 4 is 44.3 Å². The molecule has 304 valence electrons. The van der Waals surface area contributed by atoms with Crippen LogP contribution in [0.25, 0.3) is 11.1 Å². The topological polar surface area (TPSA) is 186 Å². The molecule has 0 bridgehead atoms. The number of carbonyl (C=O) groups is 3. The lowest BCUT2D eigenvalue weighted by Crippen LogP contribution is -2.56. The minimum atomic E-state index is -4.43. The highest BCUT2D eigenvalue weighted by Gasteiger charge is 2.43. The van der Waals surface area contributed by atoms with E-state index in [0.717, 1.165) is 43.6 Å². The van der Waals surface area contributed by atoms with Gasteiger partial charge in [0.15, 0.2) is 26.9 Å². The highest BCUT2D eigenvalue weighted by atomic mass is 32.2. The largest absolute Gasteiger partial charge is 0.494 e. The summed E-state index contributed by atoms with van der Waals surface area (Å²) in [5, 5.41) is 14.6. The second-order valence-corrected chi connectivity index (χ2v) is 17.1. The maximum absolute atomic E-state index is 14.6. The number of carbonyl (C=O) groups excluding carboxylic acids is 3. The first-order valence-corrected chi connectivity index (χ1v) is 21.0. The molecular weight excluding hydrogens is 795 g/mol. The number of aryl methyl sites for hydroxylation is 1. The Morgan fingerprint density at radius 3 is 2.32 bits per heavy atom. The van der Waals surface area contributed by atoms with Crippen LogP contribution in [0, 0.1) is 18.3 Å². The molecule has 3 heterocycles. The molecule has 3 atom stereocenters. The van der Waals surface area contributed by atoms with E-state index in [2.05, 4.69) is 21.7 Å². The first-order valence-electron chi connectivity index (χ1n) is 18.8. The zero-order valence-corrected chi connectivity index (χ0v) is 34.3. The highest BCUT2D eigenvalue weighted by Crippen LogP contribution is 2.42. The van der Waals surface area contributed by atoms with E-state index >= 15 is 0 Å². The van der Waals surface area contributed by atoms with Crippen molar-refractivity contribution in [2.45, 2.75) is 62.6 Å². The van der Waals surface area contributed by atoms with Gasteiger partial charge in [0, 0.05) is 19.9 Å². The highest BCUT2D eigenvalue weighted by molar-refractivity contribution is 7.91. The van der Waals surface area contributed by atoms with Crippen LogP contribution in [0.3, 0.4) is 0 Å². The molecule has 1 unspecified atom stereocenters. The van der Waals surface area contributed by atoms with Crippen LogP contribution >= 0.6 is 11.3 Å². The number of rotatable bonds is 12. The summed E-state index contributed by atoms with van der Waals surface area (Å²) in [5.74, 6) is -0.224. The number of hydrogen-bond donors (Lipinski definition) is 2. The Balaban J connectivity index is 1.18. The van der Waals surface area contributed by atoms with Crippen LogP contribution in [-0.2, 0) is 48.5 Å². The third kappa shape index (κ3) is 8.92. The fraction of sp³-hybridized carbons (Fsp3) is 0.279. The average molecular weight is 836 g/mol. The van der Waals surface area contributed by atoms with Crippen molar-refractivity contribution in [3.8, 4) is 34.4 Å². The zero-order valence-electron chi connectivity index (χ0n) is 32.7. The first-order chi connectivity index (χ1) is 28.4. The molecule has 2 amide bonds. The van der Waals surface area contributed by atoms with E-state index in [0.29, 0.717) is 34.8 Å². The van der Waals surface area contributed by atoms with Gasteiger partial charge in [-0.1, -0.05) is 59.9 Å². The van der Waals surface area contributed by atoms with Crippen molar-refractivity contribution in [2.24, 2.45) is 0 Å². The lowest BCUT2D eigenvalue weighted by atomic mass is 9.93. The summed E-state index contributed by atoms with van der Waals surface area (Å²) < 4.78 is 53.4. The number of ether oxygens (including phenoxy) is 4. The zero-order chi connectivity index (χ0) is 41.8. The van der Waals surface area contributed by atoms with Crippen LogP contribution in [0.1, 0.15) is 53.5 Å². The molecule has 7 rings (SSSR count). The van der Waals surface area contributed by atoms with Gasteiger partial charge in [-0.25, -0.2) is 18.2 Å². The molecule has 0 fully saturated rings. The van der Waals surface area contributed by atoms with Crippen molar-refractivity contribution < 1.29 is 41.7 Å². The normalized spacial score (nSPS) is 16.5. The summed E-state index contributed by atoms with van der Waals surface area (Å²) in [4.78, 5) is 43.7. The van der Waals surface area contributed by atoms with Crippen molar-refractivity contribution in [1.82, 2.24) is 14.6 Å². The maximum Gasteiger partial charge on any atom is 0.328 e. The van der Waals surface area contributed by atoms with Crippen molar-refractivity contribution in [2.75, 3.05) is 25.6 Å². The molecule has 0 saturated carbocycles. The minimum absolute atomic E-state index is 0.0526. The summed E-state index contributed by atoms with van der Waals surface area (Å²) in [6.07, 6.45) is -0.430. The predicted octanol–water partition coefficient (Wildman–Crippen LogP) is 5.88. The van der Waals surface area contributed by atoms with Gasteiger partial charge in [-0.15, -0.1) is 0 Å². The number of fused-ring (bicyclic) bond motifs is 2. The molecule has 5 aromatic rings. The molecule has 2 aliphatic heterocycles. The van der Waals surface area contributed by atoms with Gasteiger partial charge >= 0.3 is 5.97 Å². The summed E-state index contributed by atoms with van der Waals surface area (Å²) >= 11 is 0.787. The quantitative estimate of drug-likeness (QED) is 0.143. The molecule has 14 nitrogen and oxygen atoms in total. The number of sulfonamides is 1. The van der Waals surface area contributed by atoms with E-state index in [-0.39, 0.29) is 41.0 Å². The minimum Gasteiger partial charge on any atom is -0.494 e. The predicted molar refractivity (Wildman–Crippen MR) is 219 cm³/mol. The van der Waals surface area contributed by atoms with Gasteiger partial charge in [-0.2, -0.15) is 9.57 Å². The molecule has 2 aliphatic rings. The Labute approximate surface area is 345 Å². The molecular formula is C43H41N5O9S2. The first kappa shape index (κ1) is 40.9. The van der Waals surface area contributed by atoms with E-state index in [9.17, 15) is 22.8 Å². The standard InChI is InChI=1S/C43H41N5O9S2/c1-5-55-34-16-14-31(15-17-34)39-24-56-37-20-32-19-36(48(23-33(32)21-38(37)57-39)59(52,53)42-25(2)45-43(58-42)46-26(3)49)40(50)47-35(41(51)54-4)18-27-6-10-29(11-7-27)30-12-8-28(22-44)9-13-30/h6-17,20-21,35-36,39H,5,18-19,23-24H2,1-4H3,(H,47,50)(H,45,46,49)/t35-,36-,39?/m0/s1. The lowest BCUT2D eigenvalue weighted by molar-refractivity contribution is -0.145. The van der Waals surface area contributed by atoms with Crippen LogP contribution in [0.4, 0.5) is 5.13 Å². The number of benzene rings is 4. The number of nitrogens with zero attached hydrogens (tertiary/aromatic N) is 3. The smallest absolute Gasteiger partial charge is 0.328 e. The Morgan fingerprint density at radius 1 is 1.00 bits per heavy atom. The molecule has 16 heteroatoms.